The van der Waals surface area contributed by atoms with E-state index in [1.165, 1.54) is 24.1 Å². The molecule has 0 amide bonds. The molecule has 0 aliphatic rings. The lowest BCUT2D eigenvalue weighted by molar-refractivity contribution is 0.0685. The summed E-state index contributed by atoms with van der Waals surface area (Å²) in [6.45, 7) is 0. The normalized spacial score (nSPS) is 11.4. The van der Waals surface area contributed by atoms with Gasteiger partial charge in [0.05, 0.1) is 18.1 Å². The van der Waals surface area contributed by atoms with Crippen molar-refractivity contribution in [3.63, 3.8) is 0 Å². The van der Waals surface area contributed by atoms with E-state index >= 15 is 0 Å². The van der Waals surface area contributed by atoms with E-state index in [9.17, 15) is 13.2 Å². The minimum atomic E-state index is -3.93. The number of aromatic carboxylic acids is 1. The SMILES string of the molecule is Cn1nc(NS(=O)(=O)c2cnn(-c3ccccc3)c2)cc1C(=O)O. The molecule has 0 fully saturated rings. The maximum atomic E-state index is 12.4. The molecule has 3 rings (SSSR count). The molecular weight excluding hydrogens is 334 g/mol. The van der Waals surface area contributed by atoms with Gasteiger partial charge in [-0.1, -0.05) is 18.2 Å². The lowest BCUT2D eigenvalue weighted by Crippen LogP contribution is -2.13. The highest BCUT2D eigenvalue weighted by Gasteiger charge is 2.20. The van der Waals surface area contributed by atoms with Gasteiger partial charge in [0.1, 0.15) is 10.6 Å². The van der Waals surface area contributed by atoms with Gasteiger partial charge in [-0.3, -0.25) is 9.40 Å². The highest BCUT2D eigenvalue weighted by molar-refractivity contribution is 7.92. The van der Waals surface area contributed by atoms with Crippen LogP contribution in [0.15, 0.2) is 53.7 Å². The Hall–Kier alpha value is -3.14. The van der Waals surface area contributed by atoms with Crippen LogP contribution in [-0.4, -0.2) is 39.1 Å². The first kappa shape index (κ1) is 15.7. The van der Waals surface area contributed by atoms with Crippen molar-refractivity contribution in [3.05, 3.63) is 54.5 Å². The summed E-state index contributed by atoms with van der Waals surface area (Å²) in [5, 5.41) is 16.8. The summed E-state index contributed by atoms with van der Waals surface area (Å²) in [4.78, 5) is 10.9. The second-order valence-electron chi connectivity index (χ2n) is 4.91. The van der Waals surface area contributed by atoms with E-state index in [2.05, 4.69) is 14.9 Å². The lowest BCUT2D eigenvalue weighted by Gasteiger charge is -2.02. The van der Waals surface area contributed by atoms with Crippen LogP contribution in [-0.2, 0) is 17.1 Å². The molecule has 2 N–H and O–H groups in total. The van der Waals surface area contributed by atoms with Crippen molar-refractivity contribution in [1.82, 2.24) is 19.6 Å². The van der Waals surface area contributed by atoms with Crippen LogP contribution in [0.3, 0.4) is 0 Å². The number of benzene rings is 1. The van der Waals surface area contributed by atoms with Crippen molar-refractivity contribution in [2.75, 3.05) is 4.72 Å². The molecule has 9 nitrogen and oxygen atoms in total. The minimum Gasteiger partial charge on any atom is -0.477 e. The molecular formula is C14H13N5O4S. The zero-order chi connectivity index (χ0) is 17.3. The summed E-state index contributed by atoms with van der Waals surface area (Å²) in [6, 6.07) is 10.2. The molecule has 10 heteroatoms. The number of hydrogen-bond donors (Lipinski definition) is 2. The number of rotatable bonds is 5. The largest absolute Gasteiger partial charge is 0.477 e. The Morgan fingerprint density at radius 2 is 1.96 bits per heavy atom. The second-order valence-corrected chi connectivity index (χ2v) is 6.59. The number of sulfonamides is 1. The van der Waals surface area contributed by atoms with Gasteiger partial charge in [0.15, 0.2) is 5.82 Å². The average molecular weight is 347 g/mol. The Morgan fingerprint density at radius 3 is 2.58 bits per heavy atom. The fraction of sp³-hybridized carbons (Fsp3) is 0.0714. The number of carboxylic acids is 1. The standard InChI is InChI=1S/C14H13N5O4S/c1-18-12(14(20)21)7-13(16-18)17-24(22,23)11-8-15-19(9-11)10-5-3-2-4-6-10/h2-9H,1H3,(H,16,17)(H,20,21). The van der Waals surface area contributed by atoms with Gasteiger partial charge in [0.25, 0.3) is 10.0 Å². The molecule has 0 bridgehead atoms. The van der Waals surface area contributed by atoms with Gasteiger partial charge >= 0.3 is 5.97 Å². The number of carbonyl (C=O) groups is 1. The molecule has 0 unspecified atom stereocenters. The average Bonchev–Trinajstić information content (AvgIpc) is 3.15. The molecule has 0 radical (unpaired) electrons. The van der Waals surface area contributed by atoms with Crippen molar-refractivity contribution >= 4 is 21.8 Å². The van der Waals surface area contributed by atoms with Gasteiger partial charge in [0, 0.05) is 13.1 Å². The van der Waals surface area contributed by atoms with Crippen LogP contribution in [0.4, 0.5) is 5.82 Å². The van der Waals surface area contributed by atoms with Crippen LogP contribution in [0.1, 0.15) is 10.5 Å². The van der Waals surface area contributed by atoms with E-state index in [1.807, 2.05) is 18.2 Å². The van der Waals surface area contributed by atoms with Crippen molar-refractivity contribution in [1.29, 1.82) is 0 Å². The van der Waals surface area contributed by atoms with Crippen LogP contribution < -0.4 is 4.72 Å². The molecule has 2 aromatic heterocycles. The smallest absolute Gasteiger partial charge is 0.354 e. The van der Waals surface area contributed by atoms with Crippen LogP contribution in [0.5, 0.6) is 0 Å². The van der Waals surface area contributed by atoms with E-state index in [0.29, 0.717) is 5.69 Å². The number of aryl methyl sites for hydroxylation is 1. The second kappa shape index (κ2) is 5.81. The molecule has 0 aliphatic heterocycles. The minimum absolute atomic E-state index is 0.0612. The molecule has 0 spiro atoms. The molecule has 24 heavy (non-hydrogen) atoms. The summed E-state index contributed by atoms with van der Waals surface area (Å²) < 4.78 is 29.5. The number of para-hydroxylation sites is 1. The topological polar surface area (TPSA) is 119 Å². The zero-order valence-electron chi connectivity index (χ0n) is 12.5. The van der Waals surface area contributed by atoms with Crippen LogP contribution in [0.25, 0.3) is 5.69 Å². The summed E-state index contributed by atoms with van der Waals surface area (Å²) >= 11 is 0. The van der Waals surface area contributed by atoms with Crippen molar-refractivity contribution in [3.8, 4) is 5.69 Å². The predicted molar refractivity (Wildman–Crippen MR) is 84.5 cm³/mol. The van der Waals surface area contributed by atoms with E-state index in [4.69, 9.17) is 5.11 Å². The number of hydrogen-bond acceptors (Lipinski definition) is 5. The number of aromatic nitrogens is 4. The molecule has 2 heterocycles. The number of nitrogens with zero attached hydrogens (tertiary/aromatic N) is 4. The van der Waals surface area contributed by atoms with Crippen LogP contribution >= 0.6 is 0 Å². The number of nitrogens with one attached hydrogen (secondary N) is 1. The Labute approximate surface area is 137 Å². The highest BCUT2D eigenvalue weighted by atomic mass is 32.2. The maximum absolute atomic E-state index is 12.4. The van der Waals surface area contributed by atoms with E-state index in [1.54, 1.807) is 12.1 Å². The summed E-state index contributed by atoms with van der Waals surface area (Å²) in [7, 11) is -2.52. The fourth-order valence-electron chi connectivity index (χ4n) is 2.08. The number of carboxylic acid groups (broad SMARTS) is 1. The Kier molecular flexibility index (Phi) is 3.81. The third kappa shape index (κ3) is 2.99. The fourth-order valence-corrected chi connectivity index (χ4v) is 3.00. The molecule has 0 aliphatic carbocycles. The van der Waals surface area contributed by atoms with Gasteiger partial charge < -0.3 is 5.11 Å². The third-order valence-electron chi connectivity index (χ3n) is 3.23. The highest BCUT2D eigenvalue weighted by Crippen LogP contribution is 2.17. The molecule has 0 saturated carbocycles. The molecule has 0 atom stereocenters. The Morgan fingerprint density at radius 1 is 1.25 bits per heavy atom. The van der Waals surface area contributed by atoms with Crippen molar-refractivity contribution in [2.45, 2.75) is 4.90 Å². The van der Waals surface area contributed by atoms with Gasteiger partial charge in [-0.2, -0.15) is 10.2 Å². The first-order valence-electron chi connectivity index (χ1n) is 6.77. The summed E-state index contributed by atoms with van der Waals surface area (Å²) in [6.07, 6.45) is 2.56. The van der Waals surface area contributed by atoms with Gasteiger partial charge in [-0.25, -0.2) is 17.9 Å². The zero-order valence-corrected chi connectivity index (χ0v) is 13.3. The van der Waals surface area contributed by atoms with E-state index in [0.717, 1.165) is 10.7 Å². The predicted octanol–water partition coefficient (Wildman–Crippen LogP) is 1.10. The first-order chi connectivity index (χ1) is 11.4. The third-order valence-corrected chi connectivity index (χ3v) is 4.54. The molecule has 124 valence electrons. The van der Waals surface area contributed by atoms with Crippen molar-refractivity contribution < 1.29 is 18.3 Å². The molecule has 3 aromatic rings. The molecule has 1 aromatic carbocycles. The van der Waals surface area contributed by atoms with E-state index < -0.39 is 16.0 Å². The first-order valence-corrected chi connectivity index (χ1v) is 8.25. The van der Waals surface area contributed by atoms with Crippen LogP contribution in [0.2, 0.25) is 0 Å². The monoisotopic (exact) mass is 347 g/mol. The Bertz CT molecular complexity index is 991. The van der Waals surface area contributed by atoms with Gasteiger partial charge in [0.2, 0.25) is 0 Å². The van der Waals surface area contributed by atoms with Gasteiger partial charge in [-0.05, 0) is 12.1 Å². The summed E-state index contributed by atoms with van der Waals surface area (Å²) in [5.41, 5.74) is 0.581. The van der Waals surface area contributed by atoms with E-state index in [-0.39, 0.29) is 16.4 Å². The van der Waals surface area contributed by atoms with Crippen molar-refractivity contribution in [2.24, 2.45) is 7.05 Å². The number of anilines is 1. The Balaban J connectivity index is 1.88. The molecule has 0 saturated heterocycles. The van der Waals surface area contributed by atoms with Crippen LogP contribution in [0, 0.1) is 0 Å². The maximum Gasteiger partial charge on any atom is 0.354 e. The van der Waals surface area contributed by atoms with Gasteiger partial charge in [-0.15, -0.1) is 0 Å². The lowest BCUT2D eigenvalue weighted by atomic mass is 10.3. The quantitative estimate of drug-likeness (QED) is 0.713. The summed E-state index contributed by atoms with van der Waals surface area (Å²) in [5.74, 6) is -1.28.